The maximum absolute atomic E-state index is 12.3. The fourth-order valence-electron chi connectivity index (χ4n) is 2.08. The van der Waals surface area contributed by atoms with Crippen molar-refractivity contribution in [3.05, 3.63) is 57.6 Å². The minimum atomic E-state index is -0.0961. The van der Waals surface area contributed by atoms with E-state index in [0.717, 1.165) is 27.0 Å². The number of anilines is 2. The molecular weight excluding hydrogens is 316 g/mol. The van der Waals surface area contributed by atoms with Crippen LogP contribution in [0.4, 0.5) is 11.4 Å². The zero-order chi connectivity index (χ0) is 14.7. The van der Waals surface area contributed by atoms with Crippen LogP contribution in [-0.2, 0) is 0 Å². The second-order valence-corrected chi connectivity index (χ2v) is 5.61. The van der Waals surface area contributed by atoms with E-state index in [1.54, 1.807) is 0 Å². The van der Waals surface area contributed by atoms with Gasteiger partial charge in [0.1, 0.15) is 0 Å². The van der Waals surface area contributed by atoms with E-state index in [1.165, 1.54) is 0 Å². The Balaban J connectivity index is 2.23. The molecule has 2 aromatic rings. The summed E-state index contributed by atoms with van der Waals surface area (Å²) in [5, 5.41) is 6.01. The van der Waals surface area contributed by atoms with E-state index in [9.17, 15) is 4.79 Å². The molecule has 0 bridgehead atoms. The van der Waals surface area contributed by atoms with Crippen LogP contribution in [-0.4, -0.2) is 13.0 Å². The van der Waals surface area contributed by atoms with Gasteiger partial charge < -0.3 is 10.6 Å². The summed E-state index contributed by atoms with van der Waals surface area (Å²) in [4.78, 5) is 12.3. The topological polar surface area (TPSA) is 41.1 Å². The minimum Gasteiger partial charge on any atom is -0.388 e. The molecule has 0 aliphatic heterocycles. The Morgan fingerprint density at radius 1 is 1.05 bits per heavy atom. The van der Waals surface area contributed by atoms with E-state index in [1.807, 2.05) is 57.3 Å². The molecular formula is C16H17BrN2O. The Bertz CT molecular complexity index is 612. The molecule has 2 N–H and O–H groups in total. The van der Waals surface area contributed by atoms with Gasteiger partial charge in [-0.3, -0.25) is 4.79 Å². The molecule has 0 spiro atoms. The van der Waals surface area contributed by atoms with Crippen LogP contribution in [0.1, 0.15) is 21.5 Å². The monoisotopic (exact) mass is 332 g/mol. The highest BCUT2D eigenvalue weighted by Gasteiger charge is 2.10. The average Bonchev–Trinajstić information content (AvgIpc) is 2.42. The quantitative estimate of drug-likeness (QED) is 0.876. The van der Waals surface area contributed by atoms with Gasteiger partial charge in [0.15, 0.2) is 0 Å². The van der Waals surface area contributed by atoms with Crippen LogP contribution in [0.15, 0.2) is 40.9 Å². The van der Waals surface area contributed by atoms with Crippen LogP contribution in [0, 0.1) is 13.8 Å². The molecule has 0 aliphatic rings. The van der Waals surface area contributed by atoms with E-state index in [0.29, 0.717) is 5.56 Å². The maximum Gasteiger partial charge on any atom is 0.255 e. The molecule has 2 rings (SSSR count). The summed E-state index contributed by atoms with van der Waals surface area (Å²) in [5.74, 6) is -0.0961. The number of hydrogen-bond donors (Lipinski definition) is 2. The molecule has 0 atom stereocenters. The van der Waals surface area contributed by atoms with Crippen LogP contribution >= 0.6 is 15.9 Å². The fourth-order valence-corrected chi connectivity index (χ4v) is 2.77. The summed E-state index contributed by atoms with van der Waals surface area (Å²) in [7, 11) is 1.85. The molecule has 2 aromatic carbocycles. The molecule has 0 saturated heterocycles. The Hall–Kier alpha value is -1.81. The van der Waals surface area contributed by atoms with Crippen LogP contribution in [0.3, 0.4) is 0 Å². The SMILES string of the molecule is CNc1ccc(C(=O)Nc2c(C)cc(Br)cc2C)cc1. The first-order chi connectivity index (χ1) is 9.51. The number of rotatable bonds is 3. The van der Waals surface area contributed by atoms with Crippen molar-refractivity contribution in [1.82, 2.24) is 0 Å². The van der Waals surface area contributed by atoms with Crippen molar-refractivity contribution in [2.45, 2.75) is 13.8 Å². The predicted octanol–water partition coefficient (Wildman–Crippen LogP) is 4.36. The van der Waals surface area contributed by atoms with E-state index in [4.69, 9.17) is 0 Å². The van der Waals surface area contributed by atoms with Crippen LogP contribution in [0.25, 0.3) is 0 Å². The van der Waals surface area contributed by atoms with Gasteiger partial charge in [-0.05, 0) is 61.4 Å². The summed E-state index contributed by atoms with van der Waals surface area (Å²) in [6.45, 7) is 3.97. The summed E-state index contributed by atoms with van der Waals surface area (Å²) >= 11 is 3.45. The molecule has 0 saturated carbocycles. The number of carbonyl (C=O) groups excluding carboxylic acids is 1. The summed E-state index contributed by atoms with van der Waals surface area (Å²) in [6, 6.07) is 11.4. The van der Waals surface area contributed by atoms with E-state index < -0.39 is 0 Å². The van der Waals surface area contributed by atoms with Gasteiger partial charge in [0.05, 0.1) is 0 Å². The number of hydrogen-bond acceptors (Lipinski definition) is 2. The lowest BCUT2D eigenvalue weighted by atomic mass is 10.1. The normalized spacial score (nSPS) is 10.2. The lowest BCUT2D eigenvalue weighted by Gasteiger charge is -2.12. The van der Waals surface area contributed by atoms with E-state index in [2.05, 4.69) is 26.6 Å². The Labute approximate surface area is 127 Å². The zero-order valence-corrected chi connectivity index (χ0v) is 13.3. The number of aryl methyl sites for hydroxylation is 2. The lowest BCUT2D eigenvalue weighted by molar-refractivity contribution is 0.102. The molecule has 1 amide bonds. The van der Waals surface area contributed by atoms with Gasteiger partial charge in [-0.15, -0.1) is 0 Å². The second kappa shape index (κ2) is 6.09. The van der Waals surface area contributed by atoms with Crippen LogP contribution in [0.5, 0.6) is 0 Å². The molecule has 20 heavy (non-hydrogen) atoms. The van der Waals surface area contributed by atoms with Gasteiger partial charge in [-0.1, -0.05) is 15.9 Å². The highest BCUT2D eigenvalue weighted by Crippen LogP contribution is 2.25. The molecule has 0 aliphatic carbocycles. The molecule has 0 aromatic heterocycles. The van der Waals surface area contributed by atoms with Gasteiger partial charge in [-0.2, -0.15) is 0 Å². The Morgan fingerprint density at radius 2 is 1.60 bits per heavy atom. The van der Waals surface area contributed by atoms with Gasteiger partial charge in [0.2, 0.25) is 0 Å². The fraction of sp³-hybridized carbons (Fsp3) is 0.188. The molecule has 4 heteroatoms. The Kier molecular flexibility index (Phi) is 4.45. The highest BCUT2D eigenvalue weighted by molar-refractivity contribution is 9.10. The molecule has 104 valence electrons. The van der Waals surface area contributed by atoms with Gasteiger partial charge >= 0.3 is 0 Å². The third kappa shape index (κ3) is 3.20. The maximum atomic E-state index is 12.3. The molecule has 0 radical (unpaired) electrons. The summed E-state index contributed by atoms with van der Waals surface area (Å²) in [6.07, 6.45) is 0. The zero-order valence-electron chi connectivity index (χ0n) is 11.8. The number of halogens is 1. The first-order valence-corrected chi connectivity index (χ1v) is 7.16. The van der Waals surface area contributed by atoms with E-state index in [-0.39, 0.29) is 5.91 Å². The lowest BCUT2D eigenvalue weighted by Crippen LogP contribution is -2.13. The third-order valence-corrected chi connectivity index (χ3v) is 3.63. The van der Waals surface area contributed by atoms with Crippen molar-refractivity contribution in [1.29, 1.82) is 0 Å². The molecule has 3 nitrogen and oxygen atoms in total. The largest absolute Gasteiger partial charge is 0.388 e. The average molecular weight is 333 g/mol. The summed E-state index contributed by atoms with van der Waals surface area (Å²) < 4.78 is 1.02. The number of benzene rings is 2. The highest BCUT2D eigenvalue weighted by atomic mass is 79.9. The standard InChI is InChI=1S/C16H17BrN2O/c1-10-8-13(17)9-11(2)15(10)19-16(20)12-4-6-14(18-3)7-5-12/h4-9,18H,1-3H3,(H,19,20). The van der Waals surface area contributed by atoms with Crippen molar-refractivity contribution < 1.29 is 4.79 Å². The molecule has 0 fully saturated rings. The van der Waals surface area contributed by atoms with Gasteiger partial charge in [0, 0.05) is 28.5 Å². The smallest absolute Gasteiger partial charge is 0.255 e. The molecule has 0 heterocycles. The van der Waals surface area contributed by atoms with Crippen molar-refractivity contribution in [3.63, 3.8) is 0 Å². The van der Waals surface area contributed by atoms with E-state index >= 15 is 0 Å². The Morgan fingerprint density at radius 3 is 2.10 bits per heavy atom. The number of nitrogens with one attached hydrogen (secondary N) is 2. The van der Waals surface area contributed by atoms with Crippen molar-refractivity contribution in [2.75, 3.05) is 17.7 Å². The van der Waals surface area contributed by atoms with Crippen molar-refractivity contribution in [2.24, 2.45) is 0 Å². The second-order valence-electron chi connectivity index (χ2n) is 4.70. The first kappa shape index (κ1) is 14.6. The van der Waals surface area contributed by atoms with Crippen LogP contribution in [0.2, 0.25) is 0 Å². The van der Waals surface area contributed by atoms with Crippen LogP contribution < -0.4 is 10.6 Å². The number of amides is 1. The van der Waals surface area contributed by atoms with Gasteiger partial charge in [-0.25, -0.2) is 0 Å². The first-order valence-electron chi connectivity index (χ1n) is 6.37. The summed E-state index contributed by atoms with van der Waals surface area (Å²) in [5.41, 5.74) is 4.58. The molecule has 0 unspecified atom stereocenters. The van der Waals surface area contributed by atoms with Gasteiger partial charge in [0.25, 0.3) is 5.91 Å². The minimum absolute atomic E-state index is 0.0961. The third-order valence-electron chi connectivity index (χ3n) is 3.17. The van der Waals surface area contributed by atoms with Crippen molar-refractivity contribution in [3.8, 4) is 0 Å². The predicted molar refractivity (Wildman–Crippen MR) is 87.6 cm³/mol. The van der Waals surface area contributed by atoms with Crippen molar-refractivity contribution >= 4 is 33.2 Å². The number of carbonyl (C=O) groups is 1.